The standard InChI is InChI=1S/C19H20P.BrH/c1-16-13-20(14-17(16)2,19-11-7-4-8-12-19)15-18-9-5-3-6-10-18;/h3-14H,15H2,1-2H3;1H/q+1;/p-1. The summed E-state index contributed by atoms with van der Waals surface area (Å²) < 4.78 is 0. The van der Waals surface area contributed by atoms with E-state index in [1.54, 1.807) is 0 Å². The van der Waals surface area contributed by atoms with Crippen LogP contribution in [0.3, 0.4) is 0 Å². The van der Waals surface area contributed by atoms with E-state index in [0.29, 0.717) is 0 Å². The van der Waals surface area contributed by atoms with Crippen molar-refractivity contribution in [1.29, 1.82) is 0 Å². The Balaban J connectivity index is 0.00000161. The van der Waals surface area contributed by atoms with Crippen molar-refractivity contribution in [2.75, 3.05) is 0 Å². The highest BCUT2D eigenvalue weighted by Crippen LogP contribution is 2.68. The van der Waals surface area contributed by atoms with E-state index in [4.69, 9.17) is 0 Å². The summed E-state index contributed by atoms with van der Waals surface area (Å²) in [5.41, 5.74) is 4.32. The predicted molar refractivity (Wildman–Crippen MR) is 90.7 cm³/mol. The quantitative estimate of drug-likeness (QED) is 0.739. The van der Waals surface area contributed by atoms with Gasteiger partial charge in [0.15, 0.2) is 0 Å². The molecule has 0 fully saturated rings. The van der Waals surface area contributed by atoms with E-state index < -0.39 is 7.26 Å². The van der Waals surface area contributed by atoms with Crippen molar-refractivity contribution in [2.24, 2.45) is 0 Å². The molecule has 0 aromatic heterocycles. The highest BCUT2D eigenvalue weighted by atomic mass is 79.9. The summed E-state index contributed by atoms with van der Waals surface area (Å²) in [5.74, 6) is 5.06. The highest BCUT2D eigenvalue weighted by molar-refractivity contribution is 7.88. The van der Waals surface area contributed by atoms with Crippen LogP contribution in [0, 0.1) is 0 Å². The average molecular weight is 359 g/mol. The largest absolute Gasteiger partial charge is 1.00 e. The normalized spacial score (nSPS) is 15.9. The summed E-state index contributed by atoms with van der Waals surface area (Å²) in [6.45, 7) is 4.48. The fourth-order valence-corrected chi connectivity index (χ4v) is 6.92. The maximum absolute atomic E-state index is 2.53. The molecule has 0 aliphatic carbocycles. The third-order valence-corrected chi connectivity index (χ3v) is 7.84. The SMILES string of the molecule is CC1=C[P+](Cc2ccccc2)(c2ccccc2)C=C1C.[Br-]. The zero-order valence-electron chi connectivity index (χ0n) is 12.5. The zero-order valence-corrected chi connectivity index (χ0v) is 14.9. The maximum Gasteiger partial charge on any atom is 0.103 e. The third kappa shape index (κ3) is 3.36. The lowest BCUT2D eigenvalue weighted by Gasteiger charge is -2.18. The van der Waals surface area contributed by atoms with E-state index in [9.17, 15) is 0 Å². The molecule has 2 aromatic rings. The first kappa shape index (κ1) is 16.2. The summed E-state index contributed by atoms with van der Waals surface area (Å²) in [5, 5.41) is 1.49. The van der Waals surface area contributed by atoms with Gasteiger partial charge in [0, 0.05) is 0 Å². The summed E-state index contributed by atoms with van der Waals surface area (Å²) in [7, 11) is -1.36. The zero-order chi connectivity index (χ0) is 14.0. The van der Waals surface area contributed by atoms with Crippen molar-refractivity contribution in [3.63, 3.8) is 0 Å². The Morgan fingerprint density at radius 3 is 1.71 bits per heavy atom. The molecular weight excluding hydrogens is 339 g/mol. The molecule has 0 spiro atoms. The molecule has 0 nitrogen and oxygen atoms in total. The minimum Gasteiger partial charge on any atom is -1.00 e. The second kappa shape index (κ2) is 6.73. The molecule has 0 saturated carbocycles. The van der Waals surface area contributed by atoms with Gasteiger partial charge in [-0.1, -0.05) is 48.5 Å². The Morgan fingerprint density at radius 1 is 0.714 bits per heavy atom. The van der Waals surface area contributed by atoms with Gasteiger partial charge in [-0.05, 0) is 42.7 Å². The van der Waals surface area contributed by atoms with Crippen LogP contribution in [-0.4, -0.2) is 0 Å². The van der Waals surface area contributed by atoms with E-state index in [2.05, 4.69) is 86.1 Å². The molecule has 0 bridgehead atoms. The number of hydrogen-bond donors (Lipinski definition) is 0. The van der Waals surface area contributed by atoms with Gasteiger partial charge in [0.25, 0.3) is 0 Å². The van der Waals surface area contributed by atoms with Gasteiger partial charge >= 0.3 is 0 Å². The number of benzene rings is 2. The van der Waals surface area contributed by atoms with E-state index in [-0.39, 0.29) is 17.0 Å². The van der Waals surface area contributed by atoms with E-state index >= 15 is 0 Å². The van der Waals surface area contributed by atoms with E-state index in [1.165, 1.54) is 22.0 Å². The first-order chi connectivity index (χ1) is 9.70. The summed E-state index contributed by atoms with van der Waals surface area (Å²) in [6, 6.07) is 21.9. The van der Waals surface area contributed by atoms with Crippen LogP contribution >= 0.6 is 7.26 Å². The number of rotatable bonds is 3. The maximum atomic E-state index is 2.53. The number of hydrogen-bond acceptors (Lipinski definition) is 0. The molecule has 1 aliphatic rings. The van der Waals surface area contributed by atoms with Gasteiger partial charge in [-0.15, -0.1) is 0 Å². The Kier molecular flexibility index (Phi) is 5.19. The highest BCUT2D eigenvalue weighted by Gasteiger charge is 2.40. The topological polar surface area (TPSA) is 0 Å². The molecule has 0 N–H and O–H groups in total. The van der Waals surface area contributed by atoms with Crippen molar-refractivity contribution in [3.05, 3.63) is 89.0 Å². The third-order valence-electron chi connectivity index (χ3n) is 3.99. The lowest BCUT2D eigenvalue weighted by molar-refractivity contribution is -0.00000412. The van der Waals surface area contributed by atoms with E-state index in [1.807, 2.05) is 0 Å². The first-order valence-corrected chi connectivity index (χ1v) is 9.17. The predicted octanol–water partition coefficient (Wildman–Crippen LogP) is 2.35. The van der Waals surface area contributed by atoms with Gasteiger partial charge < -0.3 is 17.0 Å². The average Bonchev–Trinajstić information content (AvgIpc) is 2.77. The summed E-state index contributed by atoms with van der Waals surface area (Å²) >= 11 is 0. The van der Waals surface area contributed by atoms with Crippen molar-refractivity contribution in [3.8, 4) is 0 Å². The molecule has 0 amide bonds. The fourth-order valence-electron chi connectivity index (χ4n) is 2.85. The lowest BCUT2D eigenvalue weighted by atomic mass is 10.2. The van der Waals surface area contributed by atoms with Crippen LogP contribution in [0.2, 0.25) is 0 Å². The van der Waals surface area contributed by atoms with Crippen LogP contribution in [0.25, 0.3) is 0 Å². The fraction of sp³-hybridized carbons (Fsp3) is 0.158. The Hall–Kier alpha value is -1.17. The van der Waals surface area contributed by atoms with E-state index in [0.717, 1.165) is 6.16 Å². The van der Waals surface area contributed by atoms with Crippen molar-refractivity contribution < 1.29 is 17.0 Å². The molecule has 2 aromatic carbocycles. The van der Waals surface area contributed by atoms with Gasteiger partial charge in [-0.25, -0.2) is 0 Å². The molecule has 21 heavy (non-hydrogen) atoms. The van der Waals surface area contributed by atoms with Crippen LogP contribution in [0.4, 0.5) is 0 Å². The molecule has 3 rings (SSSR count). The number of halogens is 1. The Labute approximate surface area is 138 Å². The minimum absolute atomic E-state index is 0. The summed E-state index contributed by atoms with van der Waals surface area (Å²) in [6.07, 6.45) is 1.13. The molecule has 0 saturated heterocycles. The van der Waals surface area contributed by atoms with Crippen molar-refractivity contribution >= 4 is 12.6 Å². The van der Waals surface area contributed by atoms with Gasteiger partial charge in [-0.3, -0.25) is 0 Å². The van der Waals surface area contributed by atoms with Crippen molar-refractivity contribution in [1.82, 2.24) is 0 Å². The minimum atomic E-state index is -1.36. The van der Waals surface area contributed by atoms with Crippen LogP contribution in [-0.2, 0) is 6.16 Å². The lowest BCUT2D eigenvalue weighted by Crippen LogP contribution is -3.00. The van der Waals surface area contributed by atoms with Gasteiger partial charge in [-0.2, -0.15) is 0 Å². The Bertz CT molecular complexity index is 638. The summed E-state index contributed by atoms with van der Waals surface area (Å²) in [4.78, 5) is 0. The second-order valence-corrected chi connectivity index (χ2v) is 8.74. The monoisotopic (exact) mass is 358 g/mol. The van der Waals surface area contributed by atoms with Crippen LogP contribution in [0.5, 0.6) is 0 Å². The molecule has 0 unspecified atom stereocenters. The molecule has 108 valence electrons. The molecule has 1 aliphatic heterocycles. The van der Waals surface area contributed by atoms with Gasteiger partial charge in [0.1, 0.15) is 12.6 Å². The molecular formula is C19H20BrP. The second-order valence-electron chi connectivity index (χ2n) is 5.53. The molecule has 0 radical (unpaired) electrons. The smallest absolute Gasteiger partial charge is 0.103 e. The molecule has 2 heteroatoms. The first-order valence-electron chi connectivity index (χ1n) is 7.06. The number of allylic oxidation sites excluding steroid dienone is 2. The molecule has 0 atom stereocenters. The van der Waals surface area contributed by atoms with Crippen LogP contribution in [0.15, 0.2) is 83.4 Å². The van der Waals surface area contributed by atoms with Crippen molar-refractivity contribution in [2.45, 2.75) is 20.0 Å². The Morgan fingerprint density at radius 2 is 1.19 bits per heavy atom. The van der Waals surface area contributed by atoms with Crippen LogP contribution < -0.4 is 22.3 Å². The van der Waals surface area contributed by atoms with Crippen LogP contribution in [0.1, 0.15) is 19.4 Å². The van der Waals surface area contributed by atoms with Gasteiger partial charge in [0.05, 0.1) is 17.8 Å². The molecule has 1 heterocycles. The van der Waals surface area contributed by atoms with Gasteiger partial charge in [0.2, 0.25) is 0 Å².